The minimum absolute atomic E-state index is 0.0597. The predicted octanol–water partition coefficient (Wildman–Crippen LogP) is 3.94. The molecule has 0 bridgehead atoms. The normalized spacial score (nSPS) is 12.5. The van der Waals surface area contributed by atoms with E-state index in [2.05, 4.69) is 20.0 Å². The average molecular weight is 495 g/mol. The lowest BCUT2D eigenvalue weighted by Gasteiger charge is -2.17. The van der Waals surface area contributed by atoms with Crippen LogP contribution in [0.5, 0.6) is 11.5 Å². The zero-order chi connectivity index (χ0) is 25.5. The molecule has 8 nitrogen and oxygen atoms in total. The number of hydrogen-bond acceptors (Lipinski definition) is 7. The van der Waals surface area contributed by atoms with Crippen LogP contribution in [0.15, 0.2) is 29.3 Å². The molecular weight excluding hydrogens is 472 g/mol. The van der Waals surface area contributed by atoms with Crippen LogP contribution >= 0.6 is 0 Å². The summed E-state index contributed by atoms with van der Waals surface area (Å²) in [6.45, 7) is 0.753. The van der Waals surface area contributed by atoms with Gasteiger partial charge in [0.1, 0.15) is 18.3 Å². The molecule has 188 valence electrons. The number of benzene rings is 1. The van der Waals surface area contributed by atoms with Crippen LogP contribution in [0.1, 0.15) is 23.7 Å². The fraction of sp³-hybridized carbons (Fsp3) is 0.400. The molecule has 0 spiro atoms. The summed E-state index contributed by atoms with van der Waals surface area (Å²) in [6, 6.07) is 4.40. The number of nitrogen functional groups attached to an aromatic ring is 1. The van der Waals surface area contributed by atoms with Crippen molar-refractivity contribution in [1.29, 1.82) is 0 Å². The molecule has 5 N–H and O–H groups in total. The molecule has 2 aromatic rings. The van der Waals surface area contributed by atoms with E-state index in [-0.39, 0.29) is 41.0 Å². The number of anilines is 2. The van der Waals surface area contributed by atoms with Gasteiger partial charge in [-0.05, 0) is 25.1 Å². The third-order valence-corrected chi connectivity index (χ3v) is 4.19. The Bertz CT molecular complexity index is 1010. The summed E-state index contributed by atoms with van der Waals surface area (Å²) in [5, 5.41) is 3.03. The third-order valence-electron chi connectivity index (χ3n) is 4.19. The molecule has 0 amide bonds. The molecule has 0 atom stereocenters. The van der Waals surface area contributed by atoms with Crippen LogP contribution in [-0.2, 0) is 17.5 Å². The van der Waals surface area contributed by atoms with Gasteiger partial charge in [-0.3, -0.25) is 9.73 Å². The van der Waals surface area contributed by atoms with Crippen LogP contribution in [0.3, 0.4) is 0 Å². The molecule has 0 saturated heterocycles. The van der Waals surface area contributed by atoms with Crippen molar-refractivity contribution >= 4 is 17.3 Å². The highest BCUT2D eigenvalue weighted by molar-refractivity contribution is 6.03. The molecule has 14 heteroatoms. The summed E-state index contributed by atoms with van der Waals surface area (Å²) in [6.07, 6.45) is -9.41. The van der Waals surface area contributed by atoms with Gasteiger partial charge in [-0.2, -0.15) is 13.2 Å². The molecule has 1 heterocycles. The SMILES string of the molecule is CCNc1cc(OC)c(OCCOC(F)(F)F)cc1C(N)=NCc1cc(C(F)(F)F)cc(N)n1. The maximum atomic E-state index is 13.0. The fourth-order valence-corrected chi connectivity index (χ4v) is 2.80. The van der Waals surface area contributed by atoms with Crippen molar-refractivity contribution in [2.45, 2.75) is 26.0 Å². The van der Waals surface area contributed by atoms with Crippen molar-refractivity contribution in [1.82, 2.24) is 4.98 Å². The van der Waals surface area contributed by atoms with Gasteiger partial charge in [0, 0.05) is 23.9 Å². The van der Waals surface area contributed by atoms with Crippen molar-refractivity contribution in [3.63, 3.8) is 0 Å². The Hall–Kier alpha value is -3.42. The molecule has 0 saturated carbocycles. The van der Waals surface area contributed by atoms with Crippen molar-refractivity contribution < 1.29 is 40.6 Å². The number of halogens is 6. The van der Waals surface area contributed by atoms with Crippen LogP contribution in [0.4, 0.5) is 37.8 Å². The minimum Gasteiger partial charge on any atom is -0.493 e. The summed E-state index contributed by atoms with van der Waals surface area (Å²) in [4.78, 5) is 7.93. The number of methoxy groups -OCH3 is 1. The number of alkyl halides is 6. The lowest BCUT2D eigenvalue weighted by atomic mass is 10.1. The number of ether oxygens (including phenoxy) is 3. The topological polar surface area (TPSA) is 117 Å². The highest BCUT2D eigenvalue weighted by Gasteiger charge is 2.31. The molecule has 34 heavy (non-hydrogen) atoms. The Balaban J connectivity index is 2.32. The number of nitrogens with zero attached hydrogens (tertiary/aromatic N) is 2. The second-order valence-electron chi connectivity index (χ2n) is 6.69. The second-order valence-corrected chi connectivity index (χ2v) is 6.69. The molecule has 1 aromatic heterocycles. The summed E-state index contributed by atoms with van der Waals surface area (Å²) < 4.78 is 89.7. The highest BCUT2D eigenvalue weighted by atomic mass is 19.4. The van der Waals surface area contributed by atoms with Crippen LogP contribution in [-0.4, -0.2) is 44.1 Å². The number of aliphatic imine (C=N–C) groups is 1. The Morgan fingerprint density at radius 2 is 1.76 bits per heavy atom. The predicted molar refractivity (Wildman–Crippen MR) is 113 cm³/mol. The molecule has 0 fully saturated rings. The molecule has 1 aromatic carbocycles. The maximum Gasteiger partial charge on any atom is 0.522 e. The van der Waals surface area contributed by atoms with Crippen LogP contribution < -0.4 is 26.3 Å². The van der Waals surface area contributed by atoms with Gasteiger partial charge in [0.05, 0.1) is 31.5 Å². The quantitative estimate of drug-likeness (QED) is 0.198. The van der Waals surface area contributed by atoms with E-state index in [9.17, 15) is 26.3 Å². The first-order chi connectivity index (χ1) is 15.8. The lowest BCUT2D eigenvalue weighted by molar-refractivity contribution is -0.325. The Kier molecular flexibility index (Phi) is 8.79. The van der Waals surface area contributed by atoms with Gasteiger partial charge in [-0.1, -0.05) is 0 Å². The molecule has 0 aliphatic heterocycles. The zero-order valence-electron chi connectivity index (χ0n) is 18.2. The van der Waals surface area contributed by atoms with E-state index in [4.69, 9.17) is 20.9 Å². The van der Waals surface area contributed by atoms with Gasteiger partial charge in [0.25, 0.3) is 0 Å². The summed E-state index contributed by atoms with van der Waals surface area (Å²) in [5.74, 6) is -0.155. The van der Waals surface area contributed by atoms with E-state index >= 15 is 0 Å². The van der Waals surface area contributed by atoms with Gasteiger partial charge in [0.2, 0.25) is 0 Å². The summed E-state index contributed by atoms with van der Waals surface area (Å²) in [5.41, 5.74) is 11.2. The largest absolute Gasteiger partial charge is 0.522 e. The molecule has 2 rings (SSSR count). The van der Waals surface area contributed by atoms with Crippen molar-refractivity contribution in [3.8, 4) is 11.5 Å². The van der Waals surface area contributed by atoms with Crippen LogP contribution in [0.2, 0.25) is 0 Å². The van der Waals surface area contributed by atoms with Crippen molar-refractivity contribution in [2.24, 2.45) is 10.7 Å². The van der Waals surface area contributed by atoms with Gasteiger partial charge in [0.15, 0.2) is 11.5 Å². The second kappa shape index (κ2) is 11.1. The van der Waals surface area contributed by atoms with E-state index < -0.39 is 31.3 Å². The number of nitrogens with two attached hydrogens (primary N) is 2. The highest BCUT2D eigenvalue weighted by Crippen LogP contribution is 2.34. The van der Waals surface area contributed by atoms with E-state index in [0.717, 1.165) is 6.07 Å². The molecular formula is C20H23F6N5O3. The van der Waals surface area contributed by atoms with Crippen molar-refractivity contribution in [3.05, 3.63) is 41.1 Å². The van der Waals surface area contributed by atoms with Gasteiger partial charge in [-0.15, -0.1) is 13.2 Å². The molecule has 0 unspecified atom stereocenters. The maximum absolute atomic E-state index is 13.0. The Morgan fingerprint density at radius 3 is 2.35 bits per heavy atom. The van der Waals surface area contributed by atoms with Crippen LogP contribution in [0, 0.1) is 0 Å². The number of rotatable bonds is 10. The molecule has 0 aliphatic rings. The first kappa shape index (κ1) is 26.8. The number of nitrogens with one attached hydrogen (secondary N) is 1. The molecule has 0 radical (unpaired) electrons. The molecule has 0 aliphatic carbocycles. The van der Waals surface area contributed by atoms with Crippen LogP contribution in [0.25, 0.3) is 0 Å². The monoisotopic (exact) mass is 495 g/mol. The lowest BCUT2D eigenvalue weighted by Crippen LogP contribution is -2.19. The van der Waals surface area contributed by atoms with E-state index in [0.29, 0.717) is 18.3 Å². The number of pyridine rings is 1. The third kappa shape index (κ3) is 7.86. The smallest absolute Gasteiger partial charge is 0.493 e. The number of aromatic nitrogens is 1. The van der Waals surface area contributed by atoms with E-state index in [1.165, 1.54) is 19.2 Å². The first-order valence-corrected chi connectivity index (χ1v) is 9.77. The standard InChI is InChI=1S/C20H23F6N5O3/c1-3-29-14-9-15(32-2)16(33-4-5-34-20(24,25)26)8-13(14)18(28)30-10-12-6-11(19(21,22)23)7-17(27)31-12/h6-9,29H,3-5,10H2,1-2H3,(H2,27,31)(H2,28,30). The van der Waals surface area contributed by atoms with Gasteiger partial charge >= 0.3 is 12.5 Å². The number of hydrogen-bond donors (Lipinski definition) is 3. The zero-order valence-corrected chi connectivity index (χ0v) is 18.2. The first-order valence-electron chi connectivity index (χ1n) is 9.77. The van der Waals surface area contributed by atoms with E-state index in [1.807, 2.05) is 0 Å². The van der Waals surface area contributed by atoms with Crippen molar-refractivity contribution in [2.75, 3.05) is 37.9 Å². The Morgan fingerprint density at radius 1 is 1.06 bits per heavy atom. The summed E-state index contributed by atoms with van der Waals surface area (Å²) in [7, 11) is 1.34. The van der Waals surface area contributed by atoms with Gasteiger partial charge in [-0.25, -0.2) is 4.98 Å². The Labute approximate surface area is 190 Å². The minimum atomic E-state index is -4.80. The average Bonchev–Trinajstić information content (AvgIpc) is 2.74. The van der Waals surface area contributed by atoms with E-state index in [1.54, 1.807) is 6.92 Å². The van der Waals surface area contributed by atoms with Gasteiger partial charge < -0.3 is 26.3 Å². The fourth-order valence-electron chi connectivity index (χ4n) is 2.80. The summed E-state index contributed by atoms with van der Waals surface area (Å²) >= 11 is 0. The number of amidine groups is 1.